The number of nitrogens with one attached hydrogen (secondary N) is 1. The van der Waals surface area contributed by atoms with E-state index in [9.17, 15) is 4.79 Å². The van der Waals surface area contributed by atoms with E-state index in [1.807, 2.05) is 35.0 Å². The molecule has 1 aromatic carbocycles. The van der Waals surface area contributed by atoms with Crippen molar-refractivity contribution < 1.29 is 4.79 Å². The fourth-order valence-corrected chi connectivity index (χ4v) is 3.52. The Bertz CT molecular complexity index is 609. The molecular formula is C17H21N3OS. The van der Waals surface area contributed by atoms with Crippen LogP contribution in [-0.2, 0) is 5.75 Å². The molecule has 1 amide bonds. The number of aromatic amines is 1. The quantitative estimate of drug-likeness (QED) is 0.916. The highest BCUT2D eigenvalue weighted by molar-refractivity contribution is 7.98. The van der Waals surface area contributed by atoms with E-state index in [0.717, 1.165) is 42.3 Å². The second-order valence-corrected chi connectivity index (χ2v) is 6.74. The molecule has 3 rings (SSSR count). The highest BCUT2D eigenvalue weighted by Crippen LogP contribution is 2.31. The van der Waals surface area contributed by atoms with Crippen LogP contribution in [0.1, 0.15) is 47.6 Å². The van der Waals surface area contributed by atoms with Crippen molar-refractivity contribution in [3.8, 4) is 0 Å². The summed E-state index contributed by atoms with van der Waals surface area (Å²) in [6.07, 6.45) is 5.57. The monoisotopic (exact) mass is 315 g/mol. The maximum Gasteiger partial charge on any atom is 0.254 e. The molecule has 0 aliphatic carbocycles. The summed E-state index contributed by atoms with van der Waals surface area (Å²) in [6.45, 7) is 2.96. The lowest BCUT2D eigenvalue weighted by atomic mass is 10.1. The Morgan fingerprint density at radius 1 is 1.41 bits per heavy atom. The second kappa shape index (κ2) is 7.01. The van der Waals surface area contributed by atoms with Gasteiger partial charge in [-0.05, 0) is 36.3 Å². The van der Waals surface area contributed by atoms with Crippen LogP contribution in [0.25, 0.3) is 0 Å². The Balaban J connectivity index is 1.72. The molecule has 2 aromatic rings. The van der Waals surface area contributed by atoms with E-state index in [1.165, 1.54) is 5.56 Å². The molecule has 0 bridgehead atoms. The molecule has 1 atom stereocenters. The smallest absolute Gasteiger partial charge is 0.254 e. The van der Waals surface area contributed by atoms with Crippen LogP contribution >= 0.6 is 11.8 Å². The Morgan fingerprint density at radius 2 is 2.23 bits per heavy atom. The van der Waals surface area contributed by atoms with Gasteiger partial charge < -0.3 is 9.88 Å². The average Bonchev–Trinajstić information content (AvgIpc) is 3.23. The minimum Gasteiger partial charge on any atom is -0.347 e. The number of carbonyl (C=O) groups excluding carboxylic acids is 1. The van der Waals surface area contributed by atoms with Crippen molar-refractivity contribution in [2.24, 2.45) is 0 Å². The van der Waals surface area contributed by atoms with E-state index in [0.29, 0.717) is 0 Å². The van der Waals surface area contributed by atoms with E-state index in [-0.39, 0.29) is 11.9 Å². The minimum atomic E-state index is 0.0813. The van der Waals surface area contributed by atoms with E-state index < -0.39 is 0 Å². The van der Waals surface area contributed by atoms with Crippen LogP contribution in [0.4, 0.5) is 0 Å². The van der Waals surface area contributed by atoms with Crippen molar-refractivity contribution in [1.29, 1.82) is 0 Å². The van der Waals surface area contributed by atoms with Crippen LogP contribution in [0.3, 0.4) is 0 Å². The third kappa shape index (κ3) is 3.19. The lowest BCUT2D eigenvalue weighted by Crippen LogP contribution is -2.31. The molecule has 0 spiro atoms. The molecule has 1 aliphatic rings. The van der Waals surface area contributed by atoms with Crippen molar-refractivity contribution in [1.82, 2.24) is 14.9 Å². The summed E-state index contributed by atoms with van der Waals surface area (Å²) in [6, 6.07) is 8.11. The molecule has 1 aliphatic heterocycles. The summed E-state index contributed by atoms with van der Waals surface area (Å²) in [7, 11) is 0. The van der Waals surface area contributed by atoms with Crippen molar-refractivity contribution in [2.75, 3.05) is 12.3 Å². The molecule has 0 saturated carbocycles. The number of aromatic nitrogens is 2. The van der Waals surface area contributed by atoms with Gasteiger partial charge in [0.05, 0.1) is 6.04 Å². The largest absolute Gasteiger partial charge is 0.347 e. The van der Waals surface area contributed by atoms with Crippen LogP contribution < -0.4 is 0 Å². The molecule has 116 valence electrons. The number of imidazole rings is 1. The number of rotatable bonds is 5. The van der Waals surface area contributed by atoms with Crippen LogP contribution in [0.15, 0.2) is 36.7 Å². The summed E-state index contributed by atoms with van der Waals surface area (Å²) in [5, 5.41) is 0. The molecule has 1 aromatic heterocycles. The molecule has 0 unspecified atom stereocenters. The van der Waals surface area contributed by atoms with Crippen LogP contribution in [-0.4, -0.2) is 33.1 Å². The van der Waals surface area contributed by atoms with Crippen LogP contribution in [0.5, 0.6) is 0 Å². The Kier molecular flexibility index (Phi) is 4.83. The molecule has 2 heterocycles. The van der Waals surface area contributed by atoms with Gasteiger partial charge in [0.15, 0.2) is 0 Å². The predicted molar refractivity (Wildman–Crippen MR) is 89.9 cm³/mol. The number of amides is 1. The van der Waals surface area contributed by atoms with Gasteiger partial charge in [0, 0.05) is 30.3 Å². The number of H-pyrrole nitrogens is 1. The van der Waals surface area contributed by atoms with Gasteiger partial charge in [0.2, 0.25) is 0 Å². The fourth-order valence-electron chi connectivity index (χ4n) is 2.88. The molecule has 4 nitrogen and oxygen atoms in total. The number of benzene rings is 1. The van der Waals surface area contributed by atoms with Gasteiger partial charge in [-0.1, -0.05) is 19.1 Å². The lowest BCUT2D eigenvalue weighted by molar-refractivity contribution is 0.0730. The van der Waals surface area contributed by atoms with E-state index in [1.54, 1.807) is 6.20 Å². The minimum absolute atomic E-state index is 0.0813. The van der Waals surface area contributed by atoms with E-state index in [4.69, 9.17) is 0 Å². The standard InChI is InChI=1S/C17H21N3OS/c1-2-22-12-13-5-7-14(8-6-13)17(21)20-11-3-4-15(20)16-18-9-10-19-16/h5-10,15H,2-4,11-12H2,1H3,(H,18,19)/t15-/m0/s1. The zero-order chi connectivity index (χ0) is 15.4. The summed E-state index contributed by atoms with van der Waals surface area (Å²) < 4.78 is 0. The van der Waals surface area contributed by atoms with Crippen molar-refractivity contribution in [3.05, 3.63) is 53.6 Å². The molecular weight excluding hydrogens is 294 g/mol. The Hall–Kier alpha value is -1.75. The molecule has 1 fully saturated rings. The first-order valence-electron chi connectivity index (χ1n) is 7.76. The highest BCUT2D eigenvalue weighted by atomic mass is 32.2. The predicted octanol–water partition coefficient (Wildman–Crippen LogP) is 3.64. The zero-order valence-corrected chi connectivity index (χ0v) is 13.6. The summed E-state index contributed by atoms with van der Waals surface area (Å²) >= 11 is 1.89. The SMILES string of the molecule is CCSCc1ccc(C(=O)N2CCC[C@H]2c2ncc[nH]2)cc1. The Morgan fingerprint density at radius 3 is 2.91 bits per heavy atom. The maximum atomic E-state index is 12.8. The van der Waals surface area contributed by atoms with Crippen molar-refractivity contribution in [2.45, 2.75) is 31.6 Å². The zero-order valence-electron chi connectivity index (χ0n) is 12.8. The number of hydrogen-bond donors (Lipinski definition) is 1. The molecule has 0 radical (unpaired) electrons. The first-order chi connectivity index (χ1) is 10.8. The maximum absolute atomic E-state index is 12.8. The van der Waals surface area contributed by atoms with E-state index >= 15 is 0 Å². The number of likely N-dealkylation sites (tertiary alicyclic amines) is 1. The molecule has 1 saturated heterocycles. The average molecular weight is 315 g/mol. The summed E-state index contributed by atoms with van der Waals surface area (Å²) in [5.41, 5.74) is 2.04. The van der Waals surface area contributed by atoms with Crippen LogP contribution in [0, 0.1) is 0 Å². The van der Waals surface area contributed by atoms with E-state index in [2.05, 4.69) is 29.0 Å². The fraction of sp³-hybridized carbons (Fsp3) is 0.412. The topological polar surface area (TPSA) is 49.0 Å². The molecule has 5 heteroatoms. The first-order valence-corrected chi connectivity index (χ1v) is 8.92. The third-order valence-electron chi connectivity index (χ3n) is 4.02. The van der Waals surface area contributed by atoms with Crippen LogP contribution in [0.2, 0.25) is 0 Å². The number of thioether (sulfide) groups is 1. The third-order valence-corrected chi connectivity index (χ3v) is 4.97. The van der Waals surface area contributed by atoms with Gasteiger partial charge in [-0.2, -0.15) is 11.8 Å². The summed E-state index contributed by atoms with van der Waals surface area (Å²) in [5.74, 6) is 3.11. The van der Waals surface area contributed by atoms with Crippen molar-refractivity contribution >= 4 is 17.7 Å². The number of nitrogens with zero attached hydrogens (tertiary/aromatic N) is 2. The number of hydrogen-bond acceptors (Lipinski definition) is 3. The molecule has 22 heavy (non-hydrogen) atoms. The van der Waals surface area contributed by atoms with Gasteiger partial charge in [0.25, 0.3) is 5.91 Å². The van der Waals surface area contributed by atoms with Gasteiger partial charge in [-0.15, -0.1) is 0 Å². The lowest BCUT2D eigenvalue weighted by Gasteiger charge is -2.23. The van der Waals surface area contributed by atoms with Gasteiger partial charge in [-0.25, -0.2) is 4.98 Å². The normalized spacial score (nSPS) is 17.9. The van der Waals surface area contributed by atoms with Gasteiger partial charge in [0.1, 0.15) is 5.82 Å². The van der Waals surface area contributed by atoms with Gasteiger partial charge >= 0.3 is 0 Å². The first kappa shape index (κ1) is 15.2. The Labute approximate surface area is 135 Å². The molecule has 1 N–H and O–H groups in total. The van der Waals surface area contributed by atoms with Gasteiger partial charge in [-0.3, -0.25) is 4.79 Å². The summed E-state index contributed by atoms with van der Waals surface area (Å²) in [4.78, 5) is 22.2. The number of carbonyl (C=O) groups is 1. The second-order valence-electron chi connectivity index (χ2n) is 5.47. The highest BCUT2D eigenvalue weighted by Gasteiger charge is 2.31. The van der Waals surface area contributed by atoms with Crippen molar-refractivity contribution in [3.63, 3.8) is 0 Å².